The Morgan fingerprint density at radius 3 is 2.30 bits per heavy atom. The standard InChI is InChI=1S/C4H6INO3S/c5-10-2(4(6)9)1-3(7)8/h2H,1H2,(H2,6,9)(H,7,8). The van der Waals surface area contributed by atoms with Gasteiger partial charge in [0, 0.05) is 0 Å². The van der Waals surface area contributed by atoms with E-state index in [1.54, 1.807) is 0 Å². The first-order chi connectivity index (χ1) is 4.57. The van der Waals surface area contributed by atoms with Crippen LogP contribution >= 0.6 is 30.1 Å². The summed E-state index contributed by atoms with van der Waals surface area (Å²) < 4.78 is 0. The Morgan fingerprint density at radius 1 is 1.70 bits per heavy atom. The van der Waals surface area contributed by atoms with Crippen molar-refractivity contribution in [3.8, 4) is 0 Å². The highest BCUT2D eigenvalue weighted by Crippen LogP contribution is 2.21. The molecule has 0 aliphatic carbocycles. The highest BCUT2D eigenvalue weighted by molar-refractivity contribution is 14.2. The van der Waals surface area contributed by atoms with Gasteiger partial charge in [0.1, 0.15) is 5.25 Å². The zero-order valence-electron chi connectivity index (χ0n) is 4.91. The summed E-state index contributed by atoms with van der Waals surface area (Å²) in [4.78, 5) is 20.4. The molecule has 0 spiro atoms. The molecular formula is C4H6INO3S. The number of carboxylic acid groups (broad SMARTS) is 1. The summed E-state index contributed by atoms with van der Waals surface area (Å²) >= 11 is 1.85. The lowest BCUT2D eigenvalue weighted by atomic mass is 10.3. The predicted octanol–water partition coefficient (Wildman–Crippen LogP) is 0.398. The fraction of sp³-hybridized carbons (Fsp3) is 0.500. The molecule has 0 saturated carbocycles. The number of amides is 1. The molecular weight excluding hydrogens is 269 g/mol. The van der Waals surface area contributed by atoms with Gasteiger partial charge in [-0.15, -0.1) is 0 Å². The van der Waals surface area contributed by atoms with Gasteiger partial charge < -0.3 is 10.8 Å². The van der Waals surface area contributed by atoms with E-state index in [-0.39, 0.29) is 6.42 Å². The zero-order chi connectivity index (χ0) is 8.15. The van der Waals surface area contributed by atoms with Crippen LogP contribution in [0.25, 0.3) is 0 Å². The molecule has 0 aliphatic rings. The Bertz CT molecular complexity index is 151. The van der Waals surface area contributed by atoms with Gasteiger partial charge >= 0.3 is 5.97 Å². The van der Waals surface area contributed by atoms with Crippen LogP contribution in [0.5, 0.6) is 0 Å². The molecule has 10 heavy (non-hydrogen) atoms. The molecule has 0 aliphatic heterocycles. The summed E-state index contributed by atoms with van der Waals surface area (Å²) in [5, 5.41) is 7.63. The molecule has 58 valence electrons. The topological polar surface area (TPSA) is 80.4 Å². The summed E-state index contributed by atoms with van der Waals surface area (Å²) in [7, 11) is 1.12. The molecule has 0 fully saturated rings. The lowest BCUT2D eigenvalue weighted by Crippen LogP contribution is -2.26. The van der Waals surface area contributed by atoms with Crippen LogP contribution in [-0.2, 0) is 9.59 Å². The van der Waals surface area contributed by atoms with E-state index in [1.165, 1.54) is 0 Å². The van der Waals surface area contributed by atoms with Crippen LogP contribution in [0, 0.1) is 0 Å². The second-order valence-corrected chi connectivity index (χ2v) is 3.85. The molecule has 0 saturated heterocycles. The maximum absolute atomic E-state index is 10.4. The van der Waals surface area contributed by atoms with Gasteiger partial charge in [-0.2, -0.15) is 0 Å². The third-order valence-electron chi connectivity index (χ3n) is 0.785. The number of carbonyl (C=O) groups excluding carboxylic acids is 1. The van der Waals surface area contributed by atoms with E-state index in [1.807, 2.05) is 21.2 Å². The number of hydrogen-bond acceptors (Lipinski definition) is 3. The van der Waals surface area contributed by atoms with Crippen LogP contribution in [0.2, 0.25) is 0 Å². The van der Waals surface area contributed by atoms with Crippen molar-refractivity contribution < 1.29 is 14.7 Å². The zero-order valence-corrected chi connectivity index (χ0v) is 7.89. The maximum Gasteiger partial charge on any atom is 0.305 e. The van der Waals surface area contributed by atoms with Gasteiger partial charge in [0.15, 0.2) is 0 Å². The maximum atomic E-state index is 10.4. The summed E-state index contributed by atoms with van der Waals surface area (Å²) in [6, 6.07) is 0. The average Bonchev–Trinajstić information content (AvgIpc) is 1.81. The highest BCUT2D eigenvalue weighted by atomic mass is 127. The van der Waals surface area contributed by atoms with Gasteiger partial charge in [-0.25, -0.2) is 0 Å². The first-order valence-electron chi connectivity index (χ1n) is 2.36. The molecule has 4 nitrogen and oxygen atoms in total. The SMILES string of the molecule is NC(=O)C(CC(=O)O)SI. The van der Waals surface area contributed by atoms with Gasteiger partial charge in [-0.3, -0.25) is 9.59 Å². The van der Waals surface area contributed by atoms with Crippen LogP contribution < -0.4 is 5.73 Å². The van der Waals surface area contributed by atoms with Crippen molar-refractivity contribution in [1.29, 1.82) is 0 Å². The average molecular weight is 275 g/mol. The molecule has 0 bridgehead atoms. The summed E-state index contributed by atoms with van der Waals surface area (Å²) in [5.41, 5.74) is 4.87. The number of carbonyl (C=O) groups is 2. The molecule has 3 N–H and O–H groups in total. The number of hydrogen-bond donors (Lipinski definition) is 2. The molecule has 0 rings (SSSR count). The van der Waals surface area contributed by atoms with E-state index in [0.717, 1.165) is 8.93 Å². The van der Waals surface area contributed by atoms with Crippen LogP contribution in [0.4, 0.5) is 0 Å². The van der Waals surface area contributed by atoms with Gasteiger partial charge in [-0.1, -0.05) is 8.93 Å². The lowest BCUT2D eigenvalue weighted by Gasteiger charge is -2.03. The van der Waals surface area contributed by atoms with Crippen molar-refractivity contribution >= 4 is 42.0 Å². The van der Waals surface area contributed by atoms with Crippen molar-refractivity contribution in [2.75, 3.05) is 0 Å². The number of halogens is 1. The van der Waals surface area contributed by atoms with Gasteiger partial charge in [0.2, 0.25) is 5.91 Å². The quantitative estimate of drug-likeness (QED) is 0.728. The minimum absolute atomic E-state index is 0.205. The fourth-order valence-electron chi connectivity index (χ4n) is 0.335. The van der Waals surface area contributed by atoms with Crippen molar-refractivity contribution in [1.82, 2.24) is 0 Å². The highest BCUT2D eigenvalue weighted by Gasteiger charge is 2.17. The first kappa shape index (κ1) is 10.0. The summed E-state index contributed by atoms with van der Waals surface area (Å²) in [5.74, 6) is -1.59. The molecule has 0 aromatic heterocycles. The molecule has 0 heterocycles. The molecule has 1 atom stereocenters. The smallest absolute Gasteiger partial charge is 0.305 e. The van der Waals surface area contributed by atoms with Crippen LogP contribution in [0.1, 0.15) is 6.42 Å². The van der Waals surface area contributed by atoms with E-state index >= 15 is 0 Å². The lowest BCUT2D eigenvalue weighted by molar-refractivity contribution is -0.138. The molecule has 0 aromatic rings. The molecule has 6 heteroatoms. The molecule has 1 unspecified atom stereocenters. The largest absolute Gasteiger partial charge is 0.481 e. The number of aliphatic carboxylic acids is 1. The number of carboxylic acids is 1. The van der Waals surface area contributed by atoms with Gasteiger partial charge in [-0.05, 0) is 21.2 Å². The van der Waals surface area contributed by atoms with Gasteiger partial charge in [0.25, 0.3) is 0 Å². The monoisotopic (exact) mass is 275 g/mol. The second-order valence-electron chi connectivity index (χ2n) is 1.58. The van der Waals surface area contributed by atoms with E-state index in [4.69, 9.17) is 10.8 Å². The predicted molar refractivity (Wildman–Crippen MR) is 46.8 cm³/mol. The summed E-state index contributed by atoms with van der Waals surface area (Å²) in [6.45, 7) is 0. The molecule has 0 aromatic carbocycles. The van der Waals surface area contributed by atoms with Crippen LogP contribution in [0.3, 0.4) is 0 Å². The number of nitrogens with two attached hydrogens (primary N) is 1. The Morgan fingerprint density at radius 2 is 2.20 bits per heavy atom. The fourth-order valence-corrected chi connectivity index (χ4v) is 1.92. The second kappa shape index (κ2) is 4.78. The Kier molecular flexibility index (Phi) is 4.79. The van der Waals surface area contributed by atoms with Crippen molar-refractivity contribution in [2.24, 2.45) is 5.73 Å². The van der Waals surface area contributed by atoms with Crippen LogP contribution in [0.15, 0.2) is 0 Å². The van der Waals surface area contributed by atoms with E-state index < -0.39 is 17.1 Å². The minimum atomic E-state index is -1.01. The normalized spacial score (nSPS) is 12.5. The third-order valence-corrected chi connectivity index (χ3v) is 3.24. The summed E-state index contributed by atoms with van der Waals surface area (Å²) in [6.07, 6.45) is -0.205. The third kappa shape index (κ3) is 3.94. The van der Waals surface area contributed by atoms with Crippen molar-refractivity contribution in [3.05, 3.63) is 0 Å². The molecule has 1 amide bonds. The van der Waals surface area contributed by atoms with E-state index in [0.29, 0.717) is 0 Å². The Hall–Kier alpha value is 0.0200. The van der Waals surface area contributed by atoms with Gasteiger partial charge in [0.05, 0.1) is 6.42 Å². The van der Waals surface area contributed by atoms with Crippen molar-refractivity contribution in [3.63, 3.8) is 0 Å². The number of primary amides is 1. The first-order valence-corrected chi connectivity index (χ1v) is 5.78. The van der Waals surface area contributed by atoms with Crippen molar-refractivity contribution in [2.45, 2.75) is 11.7 Å². The molecule has 0 radical (unpaired) electrons. The Balaban J connectivity index is 3.83. The number of rotatable bonds is 4. The van der Waals surface area contributed by atoms with Crippen LogP contribution in [-0.4, -0.2) is 22.2 Å². The Labute approximate surface area is 74.1 Å². The van der Waals surface area contributed by atoms with E-state index in [2.05, 4.69) is 0 Å². The van der Waals surface area contributed by atoms with E-state index in [9.17, 15) is 9.59 Å². The minimum Gasteiger partial charge on any atom is -0.481 e.